The van der Waals surface area contributed by atoms with Crippen molar-refractivity contribution in [2.75, 3.05) is 37.0 Å². The Kier molecular flexibility index (Phi) is 6.40. The van der Waals surface area contributed by atoms with Crippen LogP contribution in [0.3, 0.4) is 0 Å². The number of morpholine rings is 1. The number of hydrogen-bond acceptors (Lipinski definition) is 6. The Morgan fingerprint density at radius 1 is 1.10 bits per heavy atom. The molecule has 3 heterocycles. The minimum absolute atomic E-state index is 0.185. The molecular weight excluding hydrogens is 386 g/mol. The third-order valence-electron chi connectivity index (χ3n) is 5.73. The molecule has 1 aromatic carbocycles. The number of amides is 1. The van der Waals surface area contributed by atoms with Crippen molar-refractivity contribution < 1.29 is 9.53 Å². The number of carbonyl (C=O) groups is 1. The second-order valence-electron chi connectivity index (χ2n) is 7.77. The Hall–Kier alpha value is -2.06. The van der Waals surface area contributed by atoms with Gasteiger partial charge in [-0.05, 0) is 45.2 Å². The van der Waals surface area contributed by atoms with Crippen LogP contribution in [0.2, 0.25) is 0 Å². The Morgan fingerprint density at radius 2 is 1.79 bits per heavy atom. The summed E-state index contributed by atoms with van der Waals surface area (Å²) in [6.07, 6.45) is 3.37. The minimum atomic E-state index is 0.185. The maximum Gasteiger partial charge on any atom is 0.233 e. The van der Waals surface area contributed by atoms with E-state index in [0.29, 0.717) is 31.1 Å². The van der Waals surface area contributed by atoms with Crippen LogP contribution < -0.4 is 4.90 Å². The van der Waals surface area contributed by atoms with Crippen LogP contribution in [-0.4, -0.2) is 69.7 Å². The number of nitrogens with zero attached hydrogens (tertiary/aromatic N) is 5. The number of benzene rings is 1. The number of aromatic nitrogens is 3. The van der Waals surface area contributed by atoms with Crippen molar-refractivity contribution in [3.05, 3.63) is 30.3 Å². The lowest BCUT2D eigenvalue weighted by Crippen LogP contribution is -2.48. The van der Waals surface area contributed by atoms with Gasteiger partial charge in [0, 0.05) is 25.2 Å². The maximum absolute atomic E-state index is 13.0. The Labute approximate surface area is 176 Å². The fourth-order valence-corrected chi connectivity index (χ4v) is 5.06. The van der Waals surface area contributed by atoms with Crippen molar-refractivity contribution in [1.82, 2.24) is 19.7 Å². The number of carbonyl (C=O) groups excluding carboxylic acids is 1. The zero-order valence-corrected chi connectivity index (χ0v) is 18.0. The lowest BCUT2D eigenvalue weighted by atomic mass is 9.98. The van der Waals surface area contributed by atoms with E-state index in [4.69, 9.17) is 4.74 Å². The molecule has 4 rings (SSSR count). The summed E-state index contributed by atoms with van der Waals surface area (Å²) in [6, 6.07) is 10.7. The van der Waals surface area contributed by atoms with Crippen LogP contribution in [0.15, 0.2) is 35.5 Å². The molecule has 2 aliphatic rings. The largest absolute Gasteiger partial charge is 0.378 e. The van der Waals surface area contributed by atoms with Gasteiger partial charge in [-0.1, -0.05) is 30.0 Å². The molecule has 2 unspecified atom stereocenters. The van der Waals surface area contributed by atoms with Crippen LogP contribution in [-0.2, 0) is 9.53 Å². The molecule has 156 valence electrons. The molecule has 0 saturated carbocycles. The van der Waals surface area contributed by atoms with Crippen LogP contribution in [0.4, 0.5) is 5.95 Å². The molecule has 7 nitrogen and oxygen atoms in total. The Balaban J connectivity index is 1.55. The third kappa shape index (κ3) is 4.43. The molecule has 2 aromatic rings. The van der Waals surface area contributed by atoms with E-state index in [0.717, 1.165) is 42.7 Å². The molecule has 2 fully saturated rings. The fourth-order valence-electron chi connectivity index (χ4n) is 4.24. The molecule has 0 N–H and O–H groups in total. The summed E-state index contributed by atoms with van der Waals surface area (Å²) < 4.78 is 7.55. The molecule has 1 amide bonds. The van der Waals surface area contributed by atoms with Gasteiger partial charge in [-0.2, -0.15) is 0 Å². The monoisotopic (exact) mass is 415 g/mol. The molecule has 0 spiro atoms. The van der Waals surface area contributed by atoms with Gasteiger partial charge in [0.15, 0.2) is 5.16 Å². The summed E-state index contributed by atoms with van der Waals surface area (Å²) >= 11 is 1.47. The van der Waals surface area contributed by atoms with Gasteiger partial charge < -0.3 is 14.5 Å². The van der Waals surface area contributed by atoms with Gasteiger partial charge in [0.25, 0.3) is 0 Å². The van der Waals surface area contributed by atoms with Gasteiger partial charge in [-0.3, -0.25) is 9.36 Å². The smallest absolute Gasteiger partial charge is 0.233 e. The summed E-state index contributed by atoms with van der Waals surface area (Å²) in [6.45, 7) is 7.26. The van der Waals surface area contributed by atoms with Crippen molar-refractivity contribution in [2.24, 2.45) is 0 Å². The highest BCUT2D eigenvalue weighted by Crippen LogP contribution is 2.29. The standard InChI is InChI=1S/C21H29N5O2S/c1-16-7-6-8-17(2)25(16)19(27)15-29-21-23-22-20(24-11-13-28-14-12-24)26(21)18-9-4-3-5-10-18/h3-5,9-10,16-17H,6-8,11-15H2,1-2H3. The van der Waals surface area contributed by atoms with Crippen molar-refractivity contribution in [2.45, 2.75) is 50.4 Å². The first-order chi connectivity index (χ1) is 14.1. The van der Waals surface area contributed by atoms with Crippen molar-refractivity contribution >= 4 is 23.6 Å². The number of hydrogen-bond donors (Lipinski definition) is 0. The summed E-state index contributed by atoms with van der Waals surface area (Å²) in [5.74, 6) is 1.38. The maximum atomic E-state index is 13.0. The van der Waals surface area contributed by atoms with Gasteiger partial charge in [0.2, 0.25) is 11.9 Å². The molecule has 1 aromatic heterocycles. The molecule has 2 aliphatic heterocycles. The van der Waals surface area contributed by atoms with E-state index in [1.165, 1.54) is 18.2 Å². The first-order valence-electron chi connectivity index (χ1n) is 10.4. The van der Waals surface area contributed by atoms with Crippen LogP contribution >= 0.6 is 11.8 Å². The molecule has 8 heteroatoms. The molecule has 0 bridgehead atoms. The highest BCUT2D eigenvalue weighted by atomic mass is 32.2. The van der Waals surface area contributed by atoms with Gasteiger partial charge in [-0.15, -0.1) is 10.2 Å². The number of piperidine rings is 1. The first-order valence-corrected chi connectivity index (χ1v) is 11.4. The fraction of sp³-hybridized carbons (Fsp3) is 0.571. The molecular formula is C21H29N5O2S. The van der Waals surface area contributed by atoms with E-state index in [1.807, 2.05) is 30.3 Å². The van der Waals surface area contributed by atoms with Crippen LogP contribution in [0.25, 0.3) is 5.69 Å². The second kappa shape index (κ2) is 9.17. The summed E-state index contributed by atoms with van der Waals surface area (Å²) in [5, 5.41) is 9.67. The molecule has 29 heavy (non-hydrogen) atoms. The number of para-hydroxylation sites is 1. The minimum Gasteiger partial charge on any atom is -0.378 e. The van der Waals surface area contributed by atoms with Crippen molar-refractivity contribution in [3.63, 3.8) is 0 Å². The van der Waals surface area contributed by atoms with Crippen molar-refractivity contribution in [3.8, 4) is 5.69 Å². The topological polar surface area (TPSA) is 63.5 Å². The zero-order valence-electron chi connectivity index (χ0n) is 17.2. The van der Waals surface area contributed by atoms with E-state index < -0.39 is 0 Å². The number of rotatable bonds is 5. The number of likely N-dealkylation sites (tertiary alicyclic amines) is 1. The Morgan fingerprint density at radius 3 is 2.48 bits per heavy atom. The quantitative estimate of drug-likeness (QED) is 0.700. The molecule has 0 aliphatic carbocycles. The van der Waals surface area contributed by atoms with E-state index in [2.05, 4.69) is 38.4 Å². The van der Waals surface area contributed by atoms with Crippen molar-refractivity contribution in [1.29, 1.82) is 0 Å². The normalized spacial score (nSPS) is 22.7. The van der Waals surface area contributed by atoms with Gasteiger partial charge in [-0.25, -0.2) is 0 Å². The van der Waals surface area contributed by atoms with Gasteiger partial charge in [0.1, 0.15) is 0 Å². The predicted molar refractivity (Wildman–Crippen MR) is 115 cm³/mol. The van der Waals surface area contributed by atoms with Gasteiger partial charge >= 0.3 is 0 Å². The lowest BCUT2D eigenvalue weighted by molar-refractivity contribution is -0.134. The van der Waals surface area contributed by atoms with Gasteiger partial charge in [0.05, 0.1) is 24.7 Å². The second-order valence-corrected chi connectivity index (χ2v) is 8.71. The predicted octanol–water partition coefficient (Wildman–Crippen LogP) is 2.99. The average Bonchev–Trinajstić information content (AvgIpc) is 3.17. The number of anilines is 1. The highest BCUT2D eigenvalue weighted by molar-refractivity contribution is 7.99. The van der Waals surface area contributed by atoms with E-state index in [-0.39, 0.29) is 5.91 Å². The van der Waals surface area contributed by atoms with Crippen LogP contribution in [0.5, 0.6) is 0 Å². The Bertz CT molecular complexity index is 812. The SMILES string of the molecule is CC1CCCC(C)N1C(=O)CSc1nnc(N2CCOCC2)n1-c1ccccc1. The van der Waals surface area contributed by atoms with E-state index in [1.54, 1.807) is 0 Å². The van der Waals surface area contributed by atoms with Crippen LogP contribution in [0, 0.1) is 0 Å². The lowest BCUT2D eigenvalue weighted by Gasteiger charge is -2.39. The number of ether oxygens (including phenoxy) is 1. The molecule has 2 atom stereocenters. The summed E-state index contributed by atoms with van der Waals surface area (Å²) in [5.41, 5.74) is 1.01. The average molecular weight is 416 g/mol. The molecule has 2 saturated heterocycles. The summed E-state index contributed by atoms with van der Waals surface area (Å²) in [7, 11) is 0. The van der Waals surface area contributed by atoms with Crippen LogP contribution in [0.1, 0.15) is 33.1 Å². The molecule has 0 radical (unpaired) electrons. The van der Waals surface area contributed by atoms with E-state index in [9.17, 15) is 4.79 Å². The zero-order chi connectivity index (χ0) is 20.2. The summed E-state index contributed by atoms with van der Waals surface area (Å²) in [4.78, 5) is 17.2. The van der Waals surface area contributed by atoms with E-state index >= 15 is 0 Å². The third-order valence-corrected chi connectivity index (χ3v) is 6.64. The highest BCUT2D eigenvalue weighted by Gasteiger charge is 2.29. The number of thioether (sulfide) groups is 1. The first kappa shape index (κ1) is 20.2.